The molecule has 0 spiro atoms. The van der Waals surface area contributed by atoms with Gasteiger partial charge in [0.15, 0.2) is 0 Å². The van der Waals surface area contributed by atoms with E-state index >= 15 is 0 Å². The van der Waals surface area contributed by atoms with Crippen LogP contribution in [0.2, 0.25) is 0 Å². The predicted molar refractivity (Wildman–Crippen MR) is 121 cm³/mol. The number of nitrogens with one attached hydrogen (secondary N) is 1. The summed E-state index contributed by atoms with van der Waals surface area (Å²) in [6, 6.07) is 8.37. The molecule has 1 N–H and O–H groups in total. The Morgan fingerprint density at radius 3 is 2.58 bits per heavy atom. The molecule has 31 heavy (non-hydrogen) atoms. The monoisotopic (exact) mass is 454 g/mol. The maximum Gasteiger partial charge on any atom is 0.573 e. The molecule has 1 atom stereocenters. The lowest BCUT2D eigenvalue weighted by molar-refractivity contribution is -0.274. The fraction of sp³-hybridized carbons (Fsp3) is 0.500. The lowest BCUT2D eigenvalue weighted by atomic mass is 10.2. The van der Waals surface area contributed by atoms with E-state index in [0.29, 0.717) is 11.7 Å². The summed E-state index contributed by atoms with van der Waals surface area (Å²) in [6.07, 6.45) is -3.52. The standard InChI is InChI=1S/C22H29F3N4OS/c1-5-26-21-20(12-19(31-21)14-29-11-10-17(13-29)28(3)4)15(2)27-16-6-8-18(9-7-16)30-22(23,24)25/h6-9,12,17,26H,5,10-11,13-14H2,1-4H3. The summed E-state index contributed by atoms with van der Waals surface area (Å²) in [5.41, 5.74) is 2.42. The minimum atomic E-state index is -4.70. The van der Waals surface area contributed by atoms with E-state index in [2.05, 4.69) is 51.9 Å². The molecule has 2 heterocycles. The number of benzene rings is 1. The van der Waals surface area contributed by atoms with Crippen LogP contribution in [0.1, 0.15) is 30.7 Å². The van der Waals surface area contributed by atoms with E-state index in [4.69, 9.17) is 0 Å². The molecule has 1 aromatic carbocycles. The molecular formula is C22H29F3N4OS. The summed E-state index contributed by atoms with van der Waals surface area (Å²) < 4.78 is 40.9. The largest absolute Gasteiger partial charge is 0.573 e. The van der Waals surface area contributed by atoms with E-state index in [1.807, 2.05) is 6.92 Å². The number of anilines is 1. The number of hydrogen-bond acceptors (Lipinski definition) is 6. The minimum Gasteiger partial charge on any atom is -0.406 e. The topological polar surface area (TPSA) is 40.1 Å². The fourth-order valence-corrected chi connectivity index (χ4v) is 4.87. The molecule has 2 aromatic rings. The van der Waals surface area contributed by atoms with Crippen LogP contribution in [0.25, 0.3) is 0 Å². The fourth-order valence-electron chi connectivity index (χ4n) is 3.65. The Morgan fingerprint density at radius 1 is 1.29 bits per heavy atom. The van der Waals surface area contributed by atoms with Gasteiger partial charge in [-0.25, -0.2) is 0 Å². The van der Waals surface area contributed by atoms with Crippen LogP contribution in [0.15, 0.2) is 35.3 Å². The second kappa shape index (κ2) is 10.0. The first-order valence-electron chi connectivity index (χ1n) is 10.3. The van der Waals surface area contributed by atoms with Gasteiger partial charge in [0.1, 0.15) is 5.75 Å². The highest BCUT2D eigenvalue weighted by Crippen LogP contribution is 2.32. The van der Waals surface area contributed by atoms with Gasteiger partial charge in [0.2, 0.25) is 0 Å². The number of likely N-dealkylation sites (N-methyl/N-ethyl adjacent to an activating group) is 1. The minimum absolute atomic E-state index is 0.253. The van der Waals surface area contributed by atoms with Gasteiger partial charge >= 0.3 is 6.36 Å². The quantitative estimate of drug-likeness (QED) is 0.546. The lowest BCUT2D eigenvalue weighted by Crippen LogP contribution is -2.31. The van der Waals surface area contributed by atoms with Crippen molar-refractivity contribution in [1.29, 1.82) is 0 Å². The van der Waals surface area contributed by atoms with Crippen molar-refractivity contribution in [3.8, 4) is 5.75 Å². The lowest BCUT2D eigenvalue weighted by Gasteiger charge is -2.19. The van der Waals surface area contributed by atoms with Gasteiger partial charge in [-0.1, -0.05) is 0 Å². The number of aliphatic imine (C=N–C) groups is 1. The van der Waals surface area contributed by atoms with Crippen molar-refractivity contribution in [2.24, 2.45) is 4.99 Å². The summed E-state index contributed by atoms with van der Waals surface area (Å²) in [7, 11) is 4.25. The maximum absolute atomic E-state index is 12.3. The molecule has 170 valence electrons. The molecule has 0 aliphatic carbocycles. The average molecular weight is 455 g/mol. The van der Waals surface area contributed by atoms with E-state index in [-0.39, 0.29) is 5.75 Å². The molecule has 1 aromatic heterocycles. The van der Waals surface area contributed by atoms with Crippen molar-refractivity contribution >= 4 is 27.7 Å². The number of alkyl halides is 3. The number of hydrogen-bond donors (Lipinski definition) is 1. The Hall–Kier alpha value is -2.10. The number of rotatable bonds is 8. The van der Waals surface area contributed by atoms with Crippen LogP contribution >= 0.6 is 11.3 Å². The second-order valence-corrected chi connectivity index (χ2v) is 9.00. The Labute approximate surface area is 185 Å². The maximum atomic E-state index is 12.3. The van der Waals surface area contributed by atoms with Gasteiger partial charge in [-0.3, -0.25) is 9.89 Å². The number of ether oxygens (including phenoxy) is 1. The summed E-state index contributed by atoms with van der Waals surface area (Å²) in [5, 5.41) is 4.48. The Kier molecular flexibility index (Phi) is 7.61. The molecule has 0 amide bonds. The molecule has 0 radical (unpaired) electrons. The van der Waals surface area contributed by atoms with Crippen molar-refractivity contribution in [2.75, 3.05) is 39.0 Å². The molecule has 1 saturated heterocycles. The summed E-state index contributed by atoms with van der Waals surface area (Å²) in [6.45, 7) is 7.84. The molecular weight excluding hydrogens is 425 g/mol. The smallest absolute Gasteiger partial charge is 0.406 e. The normalized spacial score (nSPS) is 18.1. The number of likely N-dealkylation sites (tertiary alicyclic amines) is 1. The first-order valence-corrected chi connectivity index (χ1v) is 11.1. The van der Waals surface area contributed by atoms with Gasteiger partial charge in [-0.05, 0) is 64.7 Å². The van der Waals surface area contributed by atoms with Gasteiger partial charge in [-0.15, -0.1) is 24.5 Å². The van der Waals surface area contributed by atoms with Crippen LogP contribution in [0.4, 0.5) is 23.9 Å². The molecule has 1 fully saturated rings. The van der Waals surface area contributed by atoms with Gasteiger partial charge < -0.3 is 15.0 Å². The van der Waals surface area contributed by atoms with Crippen molar-refractivity contribution in [2.45, 2.75) is 39.2 Å². The first-order chi connectivity index (χ1) is 14.6. The number of thiophene rings is 1. The highest BCUT2D eigenvalue weighted by molar-refractivity contribution is 7.16. The Morgan fingerprint density at radius 2 is 2.00 bits per heavy atom. The van der Waals surface area contributed by atoms with Crippen LogP contribution in [0, 0.1) is 0 Å². The van der Waals surface area contributed by atoms with E-state index in [1.165, 1.54) is 35.6 Å². The summed E-state index contributed by atoms with van der Waals surface area (Å²) in [4.78, 5) is 10.6. The van der Waals surface area contributed by atoms with Crippen LogP contribution in [0.3, 0.4) is 0 Å². The third kappa shape index (κ3) is 6.69. The zero-order chi connectivity index (χ0) is 22.6. The van der Waals surface area contributed by atoms with Crippen LogP contribution < -0.4 is 10.1 Å². The molecule has 1 aliphatic heterocycles. The van der Waals surface area contributed by atoms with Gasteiger partial charge in [0, 0.05) is 48.4 Å². The van der Waals surface area contributed by atoms with Crippen molar-refractivity contribution in [1.82, 2.24) is 9.80 Å². The molecule has 9 heteroatoms. The highest BCUT2D eigenvalue weighted by Gasteiger charge is 2.31. The Bertz CT molecular complexity index is 893. The van der Waals surface area contributed by atoms with E-state index in [1.54, 1.807) is 11.3 Å². The first kappa shape index (κ1) is 23.6. The van der Waals surface area contributed by atoms with Gasteiger partial charge in [-0.2, -0.15) is 0 Å². The predicted octanol–water partition coefficient (Wildman–Crippen LogP) is 5.36. The SMILES string of the molecule is CCNc1sc(CN2CCC(N(C)C)C2)cc1C(C)=Nc1ccc(OC(F)(F)F)cc1. The molecule has 0 bridgehead atoms. The van der Waals surface area contributed by atoms with E-state index < -0.39 is 6.36 Å². The summed E-state index contributed by atoms with van der Waals surface area (Å²) >= 11 is 1.74. The van der Waals surface area contributed by atoms with Gasteiger partial charge in [0.25, 0.3) is 0 Å². The van der Waals surface area contributed by atoms with Crippen molar-refractivity contribution in [3.05, 3.63) is 40.8 Å². The van der Waals surface area contributed by atoms with Crippen LogP contribution in [-0.4, -0.2) is 61.6 Å². The van der Waals surface area contributed by atoms with Crippen LogP contribution in [-0.2, 0) is 6.54 Å². The average Bonchev–Trinajstić information content (AvgIpc) is 3.30. The Balaban J connectivity index is 1.74. The molecule has 3 rings (SSSR count). The number of nitrogens with zero attached hydrogens (tertiary/aromatic N) is 3. The third-order valence-corrected chi connectivity index (χ3v) is 6.31. The van der Waals surface area contributed by atoms with E-state index in [9.17, 15) is 13.2 Å². The zero-order valence-corrected chi connectivity index (χ0v) is 19.1. The van der Waals surface area contributed by atoms with Crippen LogP contribution in [0.5, 0.6) is 5.75 Å². The van der Waals surface area contributed by atoms with Crippen molar-refractivity contribution < 1.29 is 17.9 Å². The zero-order valence-electron chi connectivity index (χ0n) is 18.3. The van der Waals surface area contributed by atoms with Gasteiger partial charge in [0.05, 0.1) is 10.7 Å². The molecule has 0 saturated carbocycles. The molecule has 1 aliphatic rings. The molecule has 5 nitrogen and oxygen atoms in total. The second-order valence-electron chi connectivity index (χ2n) is 7.87. The number of halogens is 3. The van der Waals surface area contributed by atoms with E-state index in [0.717, 1.165) is 42.5 Å². The van der Waals surface area contributed by atoms with Crippen molar-refractivity contribution in [3.63, 3.8) is 0 Å². The third-order valence-electron chi connectivity index (χ3n) is 5.23. The summed E-state index contributed by atoms with van der Waals surface area (Å²) in [5.74, 6) is -0.253. The molecule has 1 unspecified atom stereocenters. The highest BCUT2D eigenvalue weighted by atomic mass is 32.1.